The molecule has 0 aliphatic carbocycles. The van der Waals surface area contributed by atoms with Crippen LogP contribution in [0.4, 0.5) is 0 Å². The molecule has 0 saturated carbocycles. The van der Waals surface area contributed by atoms with Crippen LogP contribution in [0.5, 0.6) is 0 Å². The molecule has 0 fully saturated rings. The highest BCUT2D eigenvalue weighted by Crippen LogP contribution is 2.22. The maximum absolute atomic E-state index is 11.6. The van der Waals surface area contributed by atoms with Gasteiger partial charge in [-0.2, -0.15) is 0 Å². The summed E-state index contributed by atoms with van der Waals surface area (Å²) >= 11 is 2.85. The number of thiazole rings is 1. The van der Waals surface area contributed by atoms with Crippen molar-refractivity contribution in [1.82, 2.24) is 20.5 Å². The summed E-state index contributed by atoms with van der Waals surface area (Å²) in [6, 6.07) is 0. The minimum absolute atomic E-state index is 0.0348. The van der Waals surface area contributed by atoms with E-state index in [4.69, 9.17) is 4.42 Å². The van der Waals surface area contributed by atoms with Crippen LogP contribution in [0.15, 0.2) is 15.0 Å². The van der Waals surface area contributed by atoms with Crippen molar-refractivity contribution in [3.63, 3.8) is 0 Å². The summed E-state index contributed by atoms with van der Waals surface area (Å²) in [6.07, 6.45) is 0.521. The molecule has 2 heterocycles. The van der Waals surface area contributed by atoms with Crippen molar-refractivity contribution in [2.24, 2.45) is 0 Å². The first-order chi connectivity index (χ1) is 9.58. The number of nitrogens with zero attached hydrogens (tertiary/aromatic N) is 3. The molecule has 0 aromatic carbocycles. The Balaban J connectivity index is 1.93. The molecule has 1 amide bonds. The first-order valence-electron chi connectivity index (χ1n) is 6.26. The number of nitrogens with one attached hydrogen (secondary N) is 1. The summed E-state index contributed by atoms with van der Waals surface area (Å²) in [6.45, 7) is 6.26. The van der Waals surface area contributed by atoms with Crippen molar-refractivity contribution in [3.05, 3.63) is 22.0 Å². The van der Waals surface area contributed by atoms with Gasteiger partial charge in [0.1, 0.15) is 0 Å². The number of thioether (sulfide) groups is 1. The summed E-state index contributed by atoms with van der Waals surface area (Å²) < 4.78 is 5.52. The van der Waals surface area contributed by atoms with E-state index >= 15 is 0 Å². The minimum atomic E-state index is -0.259. The second kappa shape index (κ2) is 6.85. The van der Waals surface area contributed by atoms with E-state index in [2.05, 4.69) is 20.5 Å². The Morgan fingerprint density at radius 1 is 1.55 bits per heavy atom. The van der Waals surface area contributed by atoms with Crippen molar-refractivity contribution < 1.29 is 9.21 Å². The van der Waals surface area contributed by atoms with Gasteiger partial charge in [-0.1, -0.05) is 11.8 Å². The maximum atomic E-state index is 11.6. The second-order valence-electron chi connectivity index (χ2n) is 4.15. The van der Waals surface area contributed by atoms with Crippen LogP contribution in [-0.4, -0.2) is 32.9 Å². The zero-order valence-corrected chi connectivity index (χ0v) is 13.2. The van der Waals surface area contributed by atoms with Gasteiger partial charge in [0.2, 0.25) is 11.8 Å². The van der Waals surface area contributed by atoms with Crippen molar-refractivity contribution in [2.45, 2.75) is 37.7 Å². The summed E-state index contributed by atoms with van der Waals surface area (Å²) in [7, 11) is 0. The highest BCUT2D eigenvalue weighted by Gasteiger charge is 2.17. The topological polar surface area (TPSA) is 80.9 Å². The molecule has 6 nitrogen and oxygen atoms in total. The molecule has 0 saturated heterocycles. The first-order valence-corrected chi connectivity index (χ1v) is 8.02. The average Bonchev–Trinajstić information content (AvgIpc) is 3.00. The van der Waals surface area contributed by atoms with Gasteiger partial charge in [-0.3, -0.25) is 4.79 Å². The number of carbonyl (C=O) groups is 1. The van der Waals surface area contributed by atoms with E-state index in [9.17, 15) is 4.79 Å². The van der Waals surface area contributed by atoms with Gasteiger partial charge in [0.05, 0.1) is 22.4 Å². The van der Waals surface area contributed by atoms with Crippen LogP contribution in [0.3, 0.4) is 0 Å². The molecule has 0 radical (unpaired) electrons. The second-order valence-corrected chi connectivity index (χ2v) is 6.51. The fraction of sp³-hybridized carbons (Fsp3) is 0.500. The number of aryl methyl sites for hydroxylation is 1. The molecule has 20 heavy (non-hydrogen) atoms. The third-order valence-corrected chi connectivity index (χ3v) is 4.20. The van der Waals surface area contributed by atoms with Gasteiger partial charge in [-0.15, -0.1) is 21.5 Å². The normalized spacial score (nSPS) is 12.3. The minimum Gasteiger partial charge on any atom is -0.416 e. The van der Waals surface area contributed by atoms with Crippen LogP contribution in [0.25, 0.3) is 0 Å². The van der Waals surface area contributed by atoms with Crippen LogP contribution in [-0.2, 0) is 11.2 Å². The van der Waals surface area contributed by atoms with Gasteiger partial charge < -0.3 is 9.73 Å². The molecule has 2 aromatic heterocycles. The number of rotatable bonds is 6. The predicted molar refractivity (Wildman–Crippen MR) is 78.0 cm³/mol. The molecule has 108 valence electrons. The Morgan fingerprint density at radius 2 is 2.35 bits per heavy atom. The Bertz CT molecular complexity index is 582. The summed E-state index contributed by atoms with van der Waals surface area (Å²) in [5, 5.41) is 13.8. The highest BCUT2D eigenvalue weighted by atomic mass is 32.2. The van der Waals surface area contributed by atoms with Crippen molar-refractivity contribution >= 4 is 29.0 Å². The molecular weight excluding hydrogens is 296 g/mol. The lowest BCUT2D eigenvalue weighted by atomic mass is 10.3. The number of carbonyl (C=O) groups excluding carboxylic acids is 1. The summed E-state index contributed by atoms with van der Waals surface area (Å²) in [5.74, 6) is 0.480. The molecule has 0 unspecified atom stereocenters. The zero-order valence-electron chi connectivity index (χ0n) is 11.5. The van der Waals surface area contributed by atoms with Crippen molar-refractivity contribution in [2.75, 3.05) is 6.54 Å². The van der Waals surface area contributed by atoms with Crippen LogP contribution < -0.4 is 5.32 Å². The van der Waals surface area contributed by atoms with E-state index in [0.717, 1.165) is 10.7 Å². The lowest BCUT2D eigenvalue weighted by molar-refractivity contribution is -0.120. The average molecular weight is 312 g/mol. The third kappa shape index (κ3) is 4.04. The van der Waals surface area contributed by atoms with Crippen LogP contribution >= 0.6 is 23.1 Å². The first kappa shape index (κ1) is 15.0. The summed E-state index contributed by atoms with van der Waals surface area (Å²) in [5.41, 5.74) is 0.921. The summed E-state index contributed by atoms with van der Waals surface area (Å²) in [4.78, 5) is 16.0. The van der Waals surface area contributed by atoms with Crippen LogP contribution in [0, 0.1) is 6.92 Å². The van der Waals surface area contributed by atoms with Crippen molar-refractivity contribution in [3.8, 4) is 0 Å². The fourth-order valence-corrected chi connectivity index (χ4v) is 2.86. The Kier molecular flexibility index (Phi) is 5.13. The van der Waals surface area contributed by atoms with Gasteiger partial charge in [0.25, 0.3) is 5.22 Å². The molecule has 1 N–H and O–H groups in total. The molecule has 0 aliphatic rings. The van der Waals surface area contributed by atoms with Gasteiger partial charge in [0.15, 0.2) is 0 Å². The van der Waals surface area contributed by atoms with Gasteiger partial charge >= 0.3 is 0 Å². The highest BCUT2D eigenvalue weighted by molar-refractivity contribution is 8.00. The van der Waals surface area contributed by atoms with Gasteiger partial charge in [-0.05, 0) is 20.8 Å². The van der Waals surface area contributed by atoms with E-state index in [0.29, 0.717) is 24.1 Å². The third-order valence-electron chi connectivity index (χ3n) is 2.45. The molecule has 0 aliphatic heterocycles. The SMILES string of the molecule is CCNC(=O)[C@@H](C)Sc1nnc(Cc2csc(C)n2)o1. The fourth-order valence-electron chi connectivity index (χ4n) is 1.52. The van der Waals surface area contributed by atoms with Crippen LogP contribution in [0.1, 0.15) is 30.4 Å². The van der Waals surface area contributed by atoms with E-state index in [1.54, 1.807) is 11.3 Å². The lowest BCUT2D eigenvalue weighted by Gasteiger charge is -2.07. The smallest absolute Gasteiger partial charge is 0.277 e. The molecule has 0 bridgehead atoms. The van der Waals surface area contributed by atoms with Gasteiger partial charge in [-0.25, -0.2) is 4.98 Å². The molecule has 0 spiro atoms. The quantitative estimate of drug-likeness (QED) is 0.822. The monoisotopic (exact) mass is 312 g/mol. The number of hydrogen-bond donors (Lipinski definition) is 1. The molecular formula is C12H16N4O2S2. The Hall–Kier alpha value is -1.41. The molecule has 2 aromatic rings. The van der Waals surface area contributed by atoms with E-state index in [1.807, 2.05) is 26.2 Å². The van der Waals surface area contributed by atoms with E-state index in [-0.39, 0.29) is 11.2 Å². The predicted octanol–water partition coefficient (Wildman–Crippen LogP) is 2.04. The number of hydrogen-bond acceptors (Lipinski definition) is 7. The number of amides is 1. The Labute approximate surface area is 125 Å². The zero-order chi connectivity index (χ0) is 14.5. The molecule has 8 heteroatoms. The van der Waals surface area contributed by atoms with E-state index < -0.39 is 0 Å². The molecule has 2 rings (SSSR count). The number of aromatic nitrogens is 3. The molecule has 1 atom stereocenters. The largest absolute Gasteiger partial charge is 0.416 e. The van der Waals surface area contributed by atoms with Gasteiger partial charge in [0, 0.05) is 11.9 Å². The van der Waals surface area contributed by atoms with Crippen LogP contribution in [0.2, 0.25) is 0 Å². The maximum Gasteiger partial charge on any atom is 0.277 e. The lowest BCUT2D eigenvalue weighted by Crippen LogP contribution is -2.30. The van der Waals surface area contributed by atoms with Crippen molar-refractivity contribution in [1.29, 1.82) is 0 Å². The standard InChI is InChI=1S/C12H16N4O2S2/c1-4-13-11(17)7(2)20-12-16-15-10(18-12)5-9-6-19-8(3)14-9/h6-7H,4-5H2,1-3H3,(H,13,17)/t7-/m1/s1. The van der Waals surface area contributed by atoms with E-state index in [1.165, 1.54) is 11.8 Å². The Morgan fingerprint density at radius 3 is 3.00 bits per heavy atom.